The lowest BCUT2D eigenvalue weighted by Crippen LogP contribution is -2.08. The van der Waals surface area contributed by atoms with E-state index in [2.05, 4.69) is 10.1 Å². The molecule has 0 aliphatic carbocycles. The summed E-state index contributed by atoms with van der Waals surface area (Å²) in [6, 6.07) is 11.0. The van der Waals surface area contributed by atoms with E-state index < -0.39 is 11.6 Å². The van der Waals surface area contributed by atoms with Gasteiger partial charge in [0.1, 0.15) is 22.9 Å². The molecule has 0 saturated heterocycles. The Balaban J connectivity index is 1.74. The van der Waals surface area contributed by atoms with E-state index in [1.807, 2.05) is 37.2 Å². The van der Waals surface area contributed by atoms with Crippen molar-refractivity contribution in [3.8, 4) is 17.2 Å². The minimum absolute atomic E-state index is 0.0243. The van der Waals surface area contributed by atoms with Crippen molar-refractivity contribution in [2.45, 2.75) is 6.61 Å². The average molecular weight is 331 g/mol. The highest BCUT2D eigenvalue weighted by atomic mass is 19.1. The molecule has 0 saturated carbocycles. The third kappa shape index (κ3) is 3.34. The zero-order chi connectivity index (χ0) is 17.1. The SMILES string of the molecule is CN(C)c1cccc(OCc2noc(-c3c(F)cccc3F)n2)c1. The molecule has 0 atom stereocenters. The van der Waals surface area contributed by atoms with Crippen LogP contribution in [0, 0.1) is 11.6 Å². The van der Waals surface area contributed by atoms with E-state index in [4.69, 9.17) is 9.26 Å². The predicted octanol–water partition coefficient (Wildman–Crippen LogP) is 3.66. The van der Waals surface area contributed by atoms with E-state index >= 15 is 0 Å². The Hall–Kier alpha value is -2.96. The topological polar surface area (TPSA) is 51.4 Å². The Bertz CT molecular complexity index is 829. The van der Waals surface area contributed by atoms with Crippen LogP contribution in [0.5, 0.6) is 5.75 Å². The fraction of sp³-hybridized carbons (Fsp3) is 0.176. The lowest BCUT2D eigenvalue weighted by atomic mass is 10.2. The van der Waals surface area contributed by atoms with Crippen LogP contribution < -0.4 is 9.64 Å². The fourth-order valence-electron chi connectivity index (χ4n) is 2.12. The van der Waals surface area contributed by atoms with E-state index in [0.29, 0.717) is 5.75 Å². The summed E-state index contributed by atoms with van der Waals surface area (Å²) in [6.45, 7) is 0.0243. The molecule has 1 aromatic heterocycles. The minimum atomic E-state index is -0.759. The molecular formula is C17H15F2N3O2. The van der Waals surface area contributed by atoms with E-state index in [-0.39, 0.29) is 23.9 Å². The van der Waals surface area contributed by atoms with Gasteiger partial charge in [-0.25, -0.2) is 8.78 Å². The standard InChI is InChI=1S/C17H15F2N3O2/c1-22(2)11-5-3-6-12(9-11)23-10-15-20-17(24-21-15)16-13(18)7-4-8-14(16)19/h3-9H,10H2,1-2H3. The van der Waals surface area contributed by atoms with Crippen molar-refractivity contribution >= 4 is 5.69 Å². The van der Waals surface area contributed by atoms with Crippen molar-refractivity contribution in [3.05, 3.63) is 59.9 Å². The van der Waals surface area contributed by atoms with Crippen molar-refractivity contribution < 1.29 is 18.0 Å². The van der Waals surface area contributed by atoms with Crippen molar-refractivity contribution in [2.24, 2.45) is 0 Å². The normalized spacial score (nSPS) is 10.7. The minimum Gasteiger partial charge on any atom is -0.485 e. The Kier molecular flexibility index (Phi) is 4.41. The molecule has 3 rings (SSSR count). The highest BCUT2D eigenvalue weighted by molar-refractivity contribution is 5.54. The lowest BCUT2D eigenvalue weighted by Gasteiger charge is -2.13. The van der Waals surface area contributed by atoms with E-state index in [1.54, 1.807) is 6.07 Å². The monoisotopic (exact) mass is 331 g/mol. The number of nitrogens with zero attached hydrogens (tertiary/aromatic N) is 3. The molecule has 0 N–H and O–H groups in total. The zero-order valence-electron chi connectivity index (χ0n) is 13.2. The maximum Gasteiger partial charge on any atom is 0.264 e. The van der Waals surface area contributed by atoms with Crippen LogP contribution in [0.15, 0.2) is 47.0 Å². The second-order valence-corrected chi connectivity index (χ2v) is 5.29. The second-order valence-electron chi connectivity index (χ2n) is 5.29. The van der Waals surface area contributed by atoms with Gasteiger partial charge in [-0.05, 0) is 24.3 Å². The van der Waals surface area contributed by atoms with E-state index in [0.717, 1.165) is 17.8 Å². The van der Waals surface area contributed by atoms with Crippen LogP contribution in [0.2, 0.25) is 0 Å². The quantitative estimate of drug-likeness (QED) is 0.714. The number of halogens is 2. The molecule has 0 aliphatic heterocycles. The number of ether oxygens (including phenoxy) is 1. The molecule has 1 heterocycles. The van der Waals surface area contributed by atoms with E-state index in [1.165, 1.54) is 6.07 Å². The van der Waals surface area contributed by atoms with Gasteiger partial charge in [0, 0.05) is 25.8 Å². The Morgan fingerprint density at radius 2 is 1.79 bits per heavy atom. The molecule has 0 unspecified atom stereocenters. The van der Waals surface area contributed by atoms with Crippen LogP contribution >= 0.6 is 0 Å². The van der Waals surface area contributed by atoms with Gasteiger partial charge in [-0.3, -0.25) is 0 Å². The number of hydrogen-bond donors (Lipinski definition) is 0. The number of benzene rings is 2. The second kappa shape index (κ2) is 6.66. The van der Waals surface area contributed by atoms with Gasteiger partial charge in [0.2, 0.25) is 5.82 Å². The molecule has 0 fully saturated rings. The Labute approximate surface area is 137 Å². The number of rotatable bonds is 5. The third-order valence-electron chi connectivity index (χ3n) is 3.35. The summed E-state index contributed by atoms with van der Waals surface area (Å²) in [5.74, 6) is -0.909. The van der Waals surface area contributed by atoms with Crippen molar-refractivity contribution in [2.75, 3.05) is 19.0 Å². The highest BCUT2D eigenvalue weighted by Gasteiger charge is 2.18. The molecule has 0 spiro atoms. The fourth-order valence-corrected chi connectivity index (χ4v) is 2.12. The van der Waals surface area contributed by atoms with Gasteiger partial charge in [-0.2, -0.15) is 4.98 Å². The lowest BCUT2D eigenvalue weighted by molar-refractivity contribution is 0.287. The first-order valence-corrected chi connectivity index (χ1v) is 7.22. The molecule has 2 aromatic carbocycles. The first-order valence-electron chi connectivity index (χ1n) is 7.22. The molecule has 5 nitrogen and oxygen atoms in total. The van der Waals surface area contributed by atoms with Crippen LogP contribution in [0.4, 0.5) is 14.5 Å². The number of aromatic nitrogens is 2. The molecule has 0 bridgehead atoms. The maximum atomic E-state index is 13.7. The predicted molar refractivity (Wildman–Crippen MR) is 84.8 cm³/mol. The van der Waals surface area contributed by atoms with Crippen LogP contribution in [-0.4, -0.2) is 24.2 Å². The Morgan fingerprint density at radius 1 is 1.08 bits per heavy atom. The van der Waals surface area contributed by atoms with Gasteiger partial charge in [-0.1, -0.05) is 17.3 Å². The molecule has 7 heteroatoms. The summed E-state index contributed by atoms with van der Waals surface area (Å²) in [7, 11) is 3.85. The molecular weight excluding hydrogens is 316 g/mol. The van der Waals surface area contributed by atoms with Crippen molar-refractivity contribution in [3.63, 3.8) is 0 Å². The van der Waals surface area contributed by atoms with Gasteiger partial charge in [-0.15, -0.1) is 0 Å². The molecule has 3 aromatic rings. The van der Waals surface area contributed by atoms with Crippen molar-refractivity contribution in [1.82, 2.24) is 10.1 Å². The smallest absolute Gasteiger partial charge is 0.264 e. The van der Waals surface area contributed by atoms with Gasteiger partial charge in [0.15, 0.2) is 6.61 Å². The van der Waals surface area contributed by atoms with Gasteiger partial charge in [0.25, 0.3) is 5.89 Å². The Morgan fingerprint density at radius 3 is 2.50 bits per heavy atom. The summed E-state index contributed by atoms with van der Waals surface area (Å²) in [4.78, 5) is 5.93. The molecule has 0 amide bonds. The van der Waals surface area contributed by atoms with Crippen LogP contribution in [0.3, 0.4) is 0 Å². The van der Waals surface area contributed by atoms with Crippen molar-refractivity contribution in [1.29, 1.82) is 0 Å². The largest absolute Gasteiger partial charge is 0.485 e. The summed E-state index contributed by atoms with van der Waals surface area (Å²) in [5.41, 5.74) is 0.639. The van der Waals surface area contributed by atoms with Gasteiger partial charge < -0.3 is 14.2 Å². The number of hydrogen-bond acceptors (Lipinski definition) is 5. The third-order valence-corrected chi connectivity index (χ3v) is 3.35. The van der Waals surface area contributed by atoms with E-state index in [9.17, 15) is 8.78 Å². The van der Waals surface area contributed by atoms with Gasteiger partial charge in [0.05, 0.1) is 0 Å². The van der Waals surface area contributed by atoms with Crippen LogP contribution in [0.25, 0.3) is 11.5 Å². The molecule has 24 heavy (non-hydrogen) atoms. The average Bonchev–Trinajstić information content (AvgIpc) is 3.01. The molecule has 124 valence electrons. The molecule has 0 aliphatic rings. The first-order chi connectivity index (χ1) is 11.5. The number of anilines is 1. The summed E-state index contributed by atoms with van der Waals surface area (Å²) in [6.07, 6.45) is 0. The summed E-state index contributed by atoms with van der Waals surface area (Å²) < 4.78 is 38.0. The van der Waals surface area contributed by atoms with Crippen LogP contribution in [-0.2, 0) is 6.61 Å². The maximum absolute atomic E-state index is 13.7. The summed E-state index contributed by atoms with van der Waals surface area (Å²) >= 11 is 0. The van der Waals surface area contributed by atoms with Gasteiger partial charge >= 0.3 is 0 Å². The summed E-state index contributed by atoms with van der Waals surface area (Å²) in [5, 5.41) is 3.69. The zero-order valence-corrected chi connectivity index (χ0v) is 13.2. The first kappa shape index (κ1) is 15.9. The highest BCUT2D eigenvalue weighted by Crippen LogP contribution is 2.25. The molecule has 0 radical (unpaired) electrons. The van der Waals surface area contributed by atoms with Crippen LogP contribution in [0.1, 0.15) is 5.82 Å².